The second-order valence-corrected chi connectivity index (χ2v) is 5.93. The van der Waals surface area contributed by atoms with Crippen molar-refractivity contribution in [3.63, 3.8) is 0 Å². The van der Waals surface area contributed by atoms with Crippen molar-refractivity contribution in [3.8, 4) is 0 Å². The second-order valence-electron chi connectivity index (χ2n) is 5.93. The Labute approximate surface area is 126 Å². The van der Waals surface area contributed by atoms with E-state index in [1.807, 2.05) is 27.7 Å². The van der Waals surface area contributed by atoms with E-state index in [4.69, 9.17) is 5.11 Å². The third-order valence-electron chi connectivity index (χ3n) is 2.78. The Morgan fingerprint density at radius 1 is 1.14 bits per heavy atom. The molecule has 0 aromatic carbocycles. The molecule has 0 saturated heterocycles. The van der Waals surface area contributed by atoms with Crippen LogP contribution in [-0.2, 0) is 9.59 Å². The van der Waals surface area contributed by atoms with Gasteiger partial charge in [-0.3, -0.25) is 9.59 Å². The van der Waals surface area contributed by atoms with Gasteiger partial charge in [0.2, 0.25) is 5.91 Å². The highest BCUT2D eigenvalue weighted by atomic mass is 16.4. The summed E-state index contributed by atoms with van der Waals surface area (Å²) in [6.07, 6.45) is 0.493. The van der Waals surface area contributed by atoms with Gasteiger partial charge in [-0.25, -0.2) is 4.79 Å². The molecule has 0 aliphatic carbocycles. The number of aliphatic carboxylic acids is 1. The molecule has 3 N–H and O–H groups in total. The SMILES string of the molecule is CC(C)CC(CNC(=O)N(C)CC(=O)NC(C)C)C(=O)O. The number of likely N-dealkylation sites (N-methyl/N-ethyl adjacent to an activating group) is 1. The summed E-state index contributed by atoms with van der Waals surface area (Å²) in [4.78, 5) is 35.7. The van der Waals surface area contributed by atoms with Gasteiger partial charge in [-0.1, -0.05) is 13.8 Å². The molecule has 7 nitrogen and oxygen atoms in total. The zero-order chi connectivity index (χ0) is 16.6. The van der Waals surface area contributed by atoms with E-state index in [0.29, 0.717) is 6.42 Å². The van der Waals surface area contributed by atoms with E-state index in [9.17, 15) is 14.4 Å². The molecule has 122 valence electrons. The van der Waals surface area contributed by atoms with Gasteiger partial charge in [-0.05, 0) is 26.2 Å². The Balaban J connectivity index is 4.27. The van der Waals surface area contributed by atoms with Crippen molar-refractivity contribution in [3.05, 3.63) is 0 Å². The van der Waals surface area contributed by atoms with Crippen LogP contribution in [0.15, 0.2) is 0 Å². The van der Waals surface area contributed by atoms with E-state index >= 15 is 0 Å². The van der Waals surface area contributed by atoms with Crippen LogP contribution >= 0.6 is 0 Å². The first-order valence-corrected chi connectivity index (χ1v) is 7.14. The largest absolute Gasteiger partial charge is 0.481 e. The van der Waals surface area contributed by atoms with E-state index in [-0.39, 0.29) is 31.0 Å². The van der Waals surface area contributed by atoms with Gasteiger partial charge in [0.05, 0.1) is 5.92 Å². The number of carbonyl (C=O) groups is 3. The molecule has 0 saturated carbocycles. The molecule has 1 unspecified atom stereocenters. The number of hydrogen-bond donors (Lipinski definition) is 3. The highest BCUT2D eigenvalue weighted by molar-refractivity contribution is 5.84. The lowest BCUT2D eigenvalue weighted by molar-refractivity contribution is -0.142. The number of nitrogens with zero attached hydrogens (tertiary/aromatic N) is 1. The summed E-state index contributed by atoms with van der Waals surface area (Å²) < 4.78 is 0. The quantitative estimate of drug-likeness (QED) is 0.620. The maximum Gasteiger partial charge on any atom is 0.317 e. The van der Waals surface area contributed by atoms with Crippen LogP contribution in [-0.4, -0.2) is 54.1 Å². The monoisotopic (exact) mass is 301 g/mol. The lowest BCUT2D eigenvalue weighted by Crippen LogP contribution is -2.46. The fourth-order valence-electron chi connectivity index (χ4n) is 1.84. The lowest BCUT2D eigenvalue weighted by Gasteiger charge is -2.20. The first-order valence-electron chi connectivity index (χ1n) is 7.14. The topological polar surface area (TPSA) is 98.7 Å². The first kappa shape index (κ1) is 19.2. The number of urea groups is 1. The fourth-order valence-corrected chi connectivity index (χ4v) is 1.84. The summed E-state index contributed by atoms with van der Waals surface area (Å²) in [5.41, 5.74) is 0. The highest BCUT2D eigenvalue weighted by Crippen LogP contribution is 2.11. The fraction of sp³-hybridized carbons (Fsp3) is 0.786. The smallest absolute Gasteiger partial charge is 0.317 e. The Hall–Kier alpha value is -1.79. The average molecular weight is 301 g/mol. The summed E-state index contributed by atoms with van der Waals surface area (Å²) in [6, 6.07) is -0.444. The zero-order valence-corrected chi connectivity index (χ0v) is 13.5. The number of rotatable bonds is 8. The molecule has 21 heavy (non-hydrogen) atoms. The van der Waals surface area contributed by atoms with Gasteiger partial charge < -0.3 is 20.6 Å². The van der Waals surface area contributed by atoms with E-state index < -0.39 is 17.9 Å². The van der Waals surface area contributed by atoms with E-state index in [1.165, 1.54) is 11.9 Å². The van der Waals surface area contributed by atoms with Gasteiger partial charge >= 0.3 is 12.0 Å². The lowest BCUT2D eigenvalue weighted by atomic mass is 9.97. The van der Waals surface area contributed by atoms with Gasteiger partial charge in [0.15, 0.2) is 0 Å². The standard InChI is InChI=1S/C14H27N3O4/c1-9(2)6-11(13(19)20)7-15-14(21)17(5)8-12(18)16-10(3)4/h9-11H,6-8H2,1-5H3,(H,15,21)(H,16,18)(H,19,20). The molecule has 0 heterocycles. The Bertz CT molecular complexity index is 369. The van der Waals surface area contributed by atoms with Crippen LogP contribution in [0.5, 0.6) is 0 Å². The van der Waals surface area contributed by atoms with Crippen molar-refractivity contribution >= 4 is 17.9 Å². The molecular formula is C14H27N3O4. The summed E-state index contributed by atoms with van der Waals surface area (Å²) in [5.74, 6) is -1.56. The number of nitrogens with one attached hydrogen (secondary N) is 2. The van der Waals surface area contributed by atoms with Crippen LogP contribution in [0.1, 0.15) is 34.1 Å². The minimum Gasteiger partial charge on any atom is -0.481 e. The van der Waals surface area contributed by atoms with Gasteiger partial charge in [0.25, 0.3) is 0 Å². The zero-order valence-electron chi connectivity index (χ0n) is 13.5. The number of carbonyl (C=O) groups excluding carboxylic acids is 2. The molecule has 0 aromatic heterocycles. The molecule has 0 rings (SSSR count). The van der Waals surface area contributed by atoms with E-state index in [0.717, 1.165) is 0 Å². The molecule has 0 radical (unpaired) electrons. The number of carboxylic acids is 1. The van der Waals surface area contributed by atoms with Crippen molar-refractivity contribution in [1.29, 1.82) is 0 Å². The summed E-state index contributed by atoms with van der Waals surface area (Å²) in [5, 5.41) is 14.3. The van der Waals surface area contributed by atoms with Gasteiger partial charge in [0.1, 0.15) is 6.54 Å². The number of amides is 3. The molecule has 7 heteroatoms. The van der Waals surface area contributed by atoms with Crippen molar-refractivity contribution in [2.45, 2.75) is 40.2 Å². The molecule has 1 atom stereocenters. The minimum absolute atomic E-state index is 0.0105. The summed E-state index contributed by atoms with van der Waals surface area (Å²) >= 11 is 0. The Kier molecular flexibility index (Phi) is 8.42. The molecule has 0 spiro atoms. The maximum absolute atomic E-state index is 11.8. The molecule has 0 aliphatic rings. The van der Waals surface area contributed by atoms with Crippen LogP contribution in [0.2, 0.25) is 0 Å². The van der Waals surface area contributed by atoms with Gasteiger partial charge in [-0.15, -0.1) is 0 Å². The van der Waals surface area contributed by atoms with E-state index in [2.05, 4.69) is 10.6 Å². The molecule has 3 amide bonds. The molecule has 0 fully saturated rings. The van der Waals surface area contributed by atoms with Gasteiger partial charge in [-0.2, -0.15) is 0 Å². The summed E-state index contributed by atoms with van der Waals surface area (Å²) in [6.45, 7) is 7.53. The first-order chi connectivity index (χ1) is 9.63. The predicted octanol–water partition coefficient (Wildman–Crippen LogP) is 0.899. The summed E-state index contributed by atoms with van der Waals surface area (Å²) in [7, 11) is 1.49. The van der Waals surface area contributed by atoms with Crippen LogP contribution in [0.3, 0.4) is 0 Å². The van der Waals surface area contributed by atoms with Gasteiger partial charge in [0, 0.05) is 19.6 Å². The normalized spacial score (nSPS) is 12.1. The number of carboxylic acid groups (broad SMARTS) is 1. The van der Waals surface area contributed by atoms with E-state index in [1.54, 1.807) is 0 Å². The third kappa shape index (κ3) is 8.88. The van der Waals surface area contributed by atoms with Crippen LogP contribution in [0.25, 0.3) is 0 Å². The Morgan fingerprint density at radius 3 is 2.14 bits per heavy atom. The Morgan fingerprint density at radius 2 is 1.71 bits per heavy atom. The van der Waals surface area contributed by atoms with Crippen LogP contribution < -0.4 is 10.6 Å². The molecule has 0 aliphatic heterocycles. The number of hydrogen-bond acceptors (Lipinski definition) is 3. The second kappa shape index (κ2) is 9.20. The van der Waals surface area contributed by atoms with Crippen molar-refractivity contribution in [2.24, 2.45) is 11.8 Å². The predicted molar refractivity (Wildman–Crippen MR) is 79.9 cm³/mol. The van der Waals surface area contributed by atoms with Crippen molar-refractivity contribution < 1.29 is 19.5 Å². The minimum atomic E-state index is -0.927. The molecule has 0 aromatic rings. The van der Waals surface area contributed by atoms with Crippen molar-refractivity contribution in [1.82, 2.24) is 15.5 Å². The maximum atomic E-state index is 11.8. The van der Waals surface area contributed by atoms with Crippen molar-refractivity contribution in [2.75, 3.05) is 20.1 Å². The van der Waals surface area contributed by atoms with Crippen LogP contribution in [0, 0.1) is 11.8 Å². The third-order valence-corrected chi connectivity index (χ3v) is 2.78. The highest BCUT2D eigenvalue weighted by Gasteiger charge is 2.21. The molecule has 0 bridgehead atoms. The van der Waals surface area contributed by atoms with Crippen LogP contribution in [0.4, 0.5) is 4.79 Å². The average Bonchev–Trinajstić information content (AvgIpc) is 2.31. The molecular weight excluding hydrogens is 274 g/mol.